The van der Waals surface area contributed by atoms with E-state index in [-0.39, 0.29) is 24.3 Å². The average molecular weight is 501 g/mol. The van der Waals surface area contributed by atoms with Crippen LogP contribution in [0.2, 0.25) is 0 Å². The van der Waals surface area contributed by atoms with Crippen LogP contribution < -0.4 is 5.32 Å². The van der Waals surface area contributed by atoms with Crippen molar-refractivity contribution >= 4 is 34.4 Å². The number of esters is 1. The Bertz CT molecular complexity index is 1410. The topological polar surface area (TPSA) is 141 Å². The van der Waals surface area contributed by atoms with Crippen LogP contribution in [0.15, 0.2) is 85.1 Å². The minimum absolute atomic E-state index is 0.0140. The van der Waals surface area contributed by atoms with Gasteiger partial charge in [-0.25, -0.2) is 9.59 Å². The second-order valence-electron chi connectivity index (χ2n) is 8.16. The van der Waals surface area contributed by atoms with Crippen molar-refractivity contribution in [2.75, 3.05) is 6.61 Å². The fourth-order valence-corrected chi connectivity index (χ4v) is 3.71. The molecule has 2 N–H and O–H groups in total. The van der Waals surface area contributed by atoms with E-state index in [1.165, 1.54) is 24.3 Å². The van der Waals surface area contributed by atoms with Gasteiger partial charge in [0.2, 0.25) is 0 Å². The molecular weight excluding hydrogens is 478 g/mol. The molecule has 3 aromatic carbocycles. The number of fused-ring (bicyclic) bond motifs is 1. The molecule has 4 rings (SSSR count). The van der Waals surface area contributed by atoms with Crippen LogP contribution in [0.1, 0.15) is 21.5 Å². The number of nitrogens with zero attached hydrogens (tertiary/aromatic N) is 1. The minimum Gasteiger partial charge on any atom is -0.456 e. The second kappa shape index (κ2) is 11.6. The highest BCUT2D eigenvalue weighted by Crippen LogP contribution is 2.20. The van der Waals surface area contributed by atoms with E-state index in [2.05, 4.69) is 10.3 Å². The molecule has 10 heteroatoms. The van der Waals surface area contributed by atoms with Crippen molar-refractivity contribution in [1.82, 2.24) is 10.3 Å². The highest BCUT2D eigenvalue weighted by molar-refractivity contribution is 5.98. The number of ether oxygens (including phenoxy) is 2. The van der Waals surface area contributed by atoms with Gasteiger partial charge in [0, 0.05) is 41.2 Å². The molecule has 4 aromatic rings. The van der Waals surface area contributed by atoms with Gasteiger partial charge < -0.3 is 19.8 Å². The molecule has 0 radical (unpaired) electrons. The minimum atomic E-state index is -1.13. The summed E-state index contributed by atoms with van der Waals surface area (Å²) in [5.74, 6) is -1.36. The molecule has 0 saturated heterocycles. The van der Waals surface area contributed by atoms with E-state index < -0.39 is 35.4 Å². The number of nitro groups is 1. The molecule has 0 bridgehead atoms. The third-order valence-electron chi connectivity index (χ3n) is 5.63. The van der Waals surface area contributed by atoms with Gasteiger partial charge in [0.25, 0.3) is 5.69 Å². The highest BCUT2D eigenvalue weighted by Gasteiger charge is 2.26. The van der Waals surface area contributed by atoms with E-state index in [4.69, 9.17) is 9.47 Å². The summed E-state index contributed by atoms with van der Waals surface area (Å²) in [5.41, 5.74) is 2.40. The normalized spacial score (nSPS) is 11.5. The first-order chi connectivity index (χ1) is 17.9. The number of non-ortho nitro benzene ring substituents is 1. The van der Waals surface area contributed by atoms with E-state index >= 15 is 0 Å². The van der Waals surface area contributed by atoms with Crippen LogP contribution in [-0.4, -0.2) is 40.4 Å². The van der Waals surface area contributed by atoms with Gasteiger partial charge in [0.05, 0.1) is 4.92 Å². The number of H-pyrrole nitrogens is 1. The third-order valence-corrected chi connectivity index (χ3v) is 5.63. The monoisotopic (exact) mass is 501 g/mol. The lowest BCUT2D eigenvalue weighted by atomic mass is 10.1. The molecule has 0 unspecified atom stereocenters. The number of carbonyl (C=O) groups excluding carboxylic acids is 3. The van der Waals surface area contributed by atoms with Crippen LogP contribution in [0.5, 0.6) is 0 Å². The number of carbonyl (C=O) groups is 3. The fourth-order valence-electron chi connectivity index (χ4n) is 3.71. The Kier molecular flexibility index (Phi) is 7.89. The Morgan fingerprint density at radius 3 is 2.35 bits per heavy atom. The molecule has 37 heavy (non-hydrogen) atoms. The number of ketones is 1. The van der Waals surface area contributed by atoms with E-state index in [0.29, 0.717) is 0 Å². The average Bonchev–Trinajstić information content (AvgIpc) is 3.33. The zero-order chi connectivity index (χ0) is 26.2. The zero-order valence-corrected chi connectivity index (χ0v) is 19.6. The van der Waals surface area contributed by atoms with E-state index in [0.717, 1.165) is 22.0 Å². The Morgan fingerprint density at radius 2 is 1.62 bits per heavy atom. The molecule has 1 aromatic heterocycles. The predicted octanol–water partition coefficient (Wildman–Crippen LogP) is 4.34. The number of nitro benzene ring substituents is 1. The smallest absolute Gasteiger partial charge is 0.408 e. The van der Waals surface area contributed by atoms with Crippen molar-refractivity contribution in [2.24, 2.45) is 0 Å². The number of alkyl carbamates (subject to hydrolysis) is 1. The molecule has 0 aliphatic heterocycles. The number of Topliss-reactive ketones (excluding diaryl/α,β-unsaturated/α-hetero) is 1. The molecule has 0 spiro atoms. The number of nitrogens with one attached hydrogen (secondary N) is 2. The molecule has 0 aliphatic rings. The summed E-state index contributed by atoms with van der Waals surface area (Å²) < 4.78 is 10.5. The first kappa shape index (κ1) is 25.1. The van der Waals surface area contributed by atoms with Gasteiger partial charge in [-0.3, -0.25) is 14.9 Å². The number of benzene rings is 3. The highest BCUT2D eigenvalue weighted by atomic mass is 16.6. The molecule has 0 saturated carbocycles. The van der Waals surface area contributed by atoms with Gasteiger partial charge in [-0.05, 0) is 29.3 Å². The first-order valence-corrected chi connectivity index (χ1v) is 11.4. The summed E-state index contributed by atoms with van der Waals surface area (Å²) in [6.45, 7) is -0.581. The lowest BCUT2D eigenvalue weighted by Gasteiger charge is -2.17. The summed E-state index contributed by atoms with van der Waals surface area (Å²) in [6, 6.07) is 20.4. The molecule has 1 heterocycles. The van der Waals surface area contributed by atoms with Crippen molar-refractivity contribution < 1.29 is 28.8 Å². The van der Waals surface area contributed by atoms with E-state index in [9.17, 15) is 24.5 Å². The fraction of sp³-hybridized carbons (Fsp3) is 0.148. The summed E-state index contributed by atoms with van der Waals surface area (Å²) in [6.07, 6.45) is 1.02. The molecule has 1 amide bonds. The predicted molar refractivity (Wildman–Crippen MR) is 134 cm³/mol. The summed E-state index contributed by atoms with van der Waals surface area (Å²) in [4.78, 5) is 51.3. The van der Waals surface area contributed by atoms with Crippen LogP contribution in [0.3, 0.4) is 0 Å². The van der Waals surface area contributed by atoms with Crippen LogP contribution in [-0.2, 0) is 27.3 Å². The third kappa shape index (κ3) is 6.57. The van der Waals surface area contributed by atoms with Crippen molar-refractivity contribution in [3.63, 3.8) is 0 Å². The SMILES string of the molecule is O=C(N[C@@H](Cc1c[nH]c2ccccc12)C(=O)OCC(=O)c1ccc([N+](=O)[O-])cc1)OCc1ccccc1. The molecular formula is C27H23N3O7. The molecule has 0 aliphatic carbocycles. The number of para-hydroxylation sites is 1. The number of hydrogen-bond donors (Lipinski definition) is 2. The molecule has 1 atom stereocenters. The van der Waals surface area contributed by atoms with Crippen molar-refractivity contribution in [1.29, 1.82) is 0 Å². The van der Waals surface area contributed by atoms with Gasteiger partial charge >= 0.3 is 12.1 Å². The molecule has 0 fully saturated rings. The molecule has 188 valence electrons. The summed E-state index contributed by atoms with van der Waals surface area (Å²) in [7, 11) is 0. The number of aromatic nitrogens is 1. The largest absolute Gasteiger partial charge is 0.456 e. The van der Waals surface area contributed by atoms with Crippen LogP contribution in [0.25, 0.3) is 10.9 Å². The van der Waals surface area contributed by atoms with Crippen molar-refractivity contribution in [3.05, 3.63) is 112 Å². The van der Waals surface area contributed by atoms with Crippen molar-refractivity contribution in [3.8, 4) is 0 Å². The van der Waals surface area contributed by atoms with Crippen LogP contribution in [0.4, 0.5) is 10.5 Å². The molecule has 10 nitrogen and oxygen atoms in total. The lowest BCUT2D eigenvalue weighted by molar-refractivity contribution is -0.384. The zero-order valence-electron chi connectivity index (χ0n) is 19.6. The first-order valence-electron chi connectivity index (χ1n) is 11.4. The lowest BCUT2D eigenvalue weighted by Crippen LogP contribution is -2.44. The quantitative estimate of drug-likeness (QED) is 0.143. The van der Waals surface area contributed by atoms with Crippen molar-refractivity contribution in [2.45, 2.75) is 19.1 Å². The number of hydrogen-bond acceptors (Lipinski definition) is 7. The number of aromatic amines is 1. The van der Waals surface area contributed by atoms with E-state index in [1.54, 1.807) is 18.3 Å². The van der Waals surface area contributed by atoms with Crippen LogP contribution >= 0.6 is 0 Å². The summed E-state index contributed by atoms with van der Waals surface area (Å²) in [5, 5.41) is 14.2. The van der Waals surface area contributed by atoms with Gasteiger partial charge in [-0.1, -0.05) is 48.5 Å². The van der Waals surface area contributed by atoms with Gasteiger partial charge in [-0.2, -0.15) is 0 Å². The number of rotatable bonds is 10. The van der Waals surface area contributed by atoms with Gasteiger partial charge in [-0.15, -0.1) is 0 Å². The Hall–Kier alpha value is -4.99. The van der Waals surface area contributed by atoms with Crippen LogP contribution in [0, 0.1) is 10.1 Å². The van der Waals surface area contributed by atoms with Gasteiger partial charge in [0.15, 0.2) is 12.4 Å². The standard InChI is InChI=1S/C27H23N3O7/c31-25(19-10-12-21(13-11-19)30(34)35)17-36-26(32)24(14-20-15-28-23-9-5-4-8-22(20)23)29-27(33)37-16-18-6-2-1-3-7-18/h1-13,15,24,28H,14,16-17H2,(H,29,33)/t24-/m0/s1. The number of amides is 1. The van der Waals surface area contributed by atoms with E-state index in [1.807, 2.05) is 42.5 Å². The maximum atomic E-state index is 13.0. The maximum Gasteiger partial charge on any atom is 0.408 e. The van der Waals surface area contributed by atoms with Gasteiger partial charge in [0.1, 0.15) is 12.6 Å². The second-order valence-corrected chi connectivity index (χ2v) is 8.16. The Morgan fingerprint density at radius 1 is 0.919 bits per heavy atom. The summed E-state index contributed by atoms with van der Waals surface area (Å²) >= 11 is 0. The maximum absolute atomic E-state index is 13.0. The Balaban J connectivity index is 1.43. The Labute approximate surface area is 211 Å².